The third-order valence-corrected chi connectivity index (χ3v) is 7.04. The summed E-state index contributed by atoms with van der Waals surface area (Å²) in [7, 11) is -0.384. The summed E-state index contributed by atoms with van der Waals surface area (Å²) >= 11 is 1.20. The molecule has 7 heteroatoms. The lowest BCUT2D eigenvalue weighted by molar-refractivity contribution is 0.414. The van der Waals surface area contributed by atoms with Gasteiger partial charge in [-0.15, -0.1) is 11.3 Å². The van der Waals surface area contributed by atoms with Crippen molar-refractivity contribution in [2.24, 2.45) is 0 Å². The van der Waals surface area contributed by atoms with Gasteiger partial charge in [0.15, 0.2) is 0 Å². The maximum Gasteiger partial charge on any atom is 0.250 e. The standard InChI is InChI=1S/C20H21NO4S2/c1-24-17-9-5-15(6-10-17)14-19(16-7-11-18(25-2)12-8-16)21-27(22,23)20-4-3-13-26-20/h3-13,19,21H,14H2,1-2H3/t19-/m0/s1. The van der Waals surface area contributed by atoms with E-state index in [0.29, 0.717) is 10.6 Å². The molecule has 0 saturated carbocycles. The van der Waals surface area contributed by atoms with E-state index in [9.17, 15) is 8.42 Å². The molecule has 27 heavy (non-hydrogen) atoms. The molecule has 1 atom stereocenters. The summed E-state index contributed by atoms with van der Waals surface area (Å²) < 4.78 is 39.0. The van der Waals surface area contributed by atoms with Crippen LogP contribution in [0.3, 0.4) is 0 Å². The summed E-state index contributed by atoms with van der Waals surface area (Å²) in [5.74, 6) is 1.49. The van der Waals surface area contributed by atoms with E-state index >= 15 is 0 Å². The Labute approximate surface area is 163 Å². The van der Waals surface area contributed by atoms with Gasteiger partial charge in [-0.25, -0.2) is 13.1 Å². The average Bonchev–Trinajstić information content (AvgIpc) is 3.24. The highest BCUT2D eigenvalue weighted by molar-refractivity contribution is 7.91. The first-order chi connectivity index (χ1) is 13.0. The minimum atomic E-state index is -3.60. The lowest BCUT2D eigenvalue weighted by Crippen LogP contribution is -2.29. The molecular weight excluding hydrogens is 382 g/mol. The summed E-state index contributed by atoms with van der Waals surface area (Å²) in [6, 6.07) is 18.0. The van der Waals surface area contributed by atoms with Gasteiger partial charge in [0.1, 0.15) is 15.7 Å². The molecule has 3 aromatic rings. The van der Waals surface area contributed by atoms with E-state index in [0.717, 1.165) is 22.6 Å². The third kappa shape index (κ3) is 4.88. The molecule has 0 saturated heterocycles. The van der Waals surface area contributed by atoms with Crippen molar-refractivity contribution >= 4 is 21.4 Å². The molecule has 0 aliphatic heterocycles. The van der Waals surface area contributed by atoms with Crippen LogP contribution in [-0.4, -0.2) is 22.6 Å². The molecular formula is C20H21NO4S2. The summed E-state index contributed by atoms with van der Waals surface area (Å²) in [4.78, 5) is 0. The van der Waals surface area contributed by atoms with E-state index in [1.807, 2.05) is 48.5 Å². The van der Waals surface area contributed by atoms with Gasteiger partial charge in [-0.2, -0.15) is 0 Å². The largest absolute Gasteiger partial charge is 0.497 e. The summed E-state index contributed by atoms with van der Waals surface area (Å²) in [6.45, 7) is 0. The van der Waals surface area contributed by atoms with Crippen molar-refractivity contribution in [3.63, 3.8) is 0 Å². The van der Waals surface area contributed by atoms with Crippen molar-refractivity contribution in [1.29, 1.82) is 0 Å². The second-order valence-electron chi connectivity index (χ2n) is 5.93. The lowest BCUT2D eigenvalue weighted by Gasteiger charge is -2.19. The number of rotatable bonds is 8. The Morgan fingerprint density at radius 2 is 1.52 bits per heavy atom. The lowest BCUT2D eigenvalue weighted by atomic mass is 9.99. The van der Waals surface area contributed by atoms with Crippen molar-refractivity contribution in [1.82, 2.24) is 4.72 Å². The molecule has 1 heterocycles. The zero-order valence-corrected chi connectivity index (χ0v) is 16.7. The molecule has 3 rings (SSSR count). The van der Waals surface area contributed by atoms with Crippen molar-refractivity contribution in [2.45, 2.75) is 16.7 Å². The van der Waals surface area contributed by atoms with Crippen LogP contribution < -0.4 is 14.2 Å². The molecule has 142 valence electrons. The fraction of sp³-hybridized carbons (Fsp3) is 0.200. The number of nitrogens with one attached hydrogen (secondary N) is 1. The Morgan fingerprint density at radius 1 is 0.926 bits per heavy atom. The van der Waals surface area contributed by atoms with Crippen LogP contribution in [0.2, 0.25) is 0 Å². The zero-order chi connectivity index (χ0) is 19.3. The van der Waals surface area contributed by atoms with Gasteiger partial charge >= 0.3 is 0 Å². The van der Waals surface area contributed by atoms with Gasteiger partial charge in [-0.05, 0) is 53.3 Å². The Bertz CT molecular complexity index is 950. The SMILES string of the molecule is COc1ccc(C[C@H](NS(=O)(=O)c2cccs2)c2ccc(OC)cc2)cc1. The average molecular weight is 404 g/mol. The maximum atomic E-state index is 12.7. The fourth-order valence-corrected chi connectivity index (χ4v) is 4.96. The summed E-state index contributed by atoms with van der Waals surface area (Å²) in [6.07, 6.45) is 0.515. The highest BCUT2D eigenvalue weighted by Crippen LogP contribution is 2.26. The molecule has 0 bridgehead atoms. The fourth-order valence-electron chi connectivity index (χ4n) is 2.72. The molecule has 0 aliphatic carbocycles. The summed E-state index contributed by atoms with van der Waals surface area (Å²) in [5, 5.41) is 1.75. The van der Waals surface area contributed by atoms with E-state index in [1.54, 1.807) is 31.7 Å². The van der Waals surface area contributed by atoms with Gasteiger partial charge in [0.25, 0.3) is 10.0 Å². The predicted octanol–water partition coefficient (Wildman–Crippen LogP) is 4.03. The number of hydrogen-bond donors (Lipinski definition) is 1. The Kier molecular flexibility index (Phi) is 6.15. The molecule has 0 amide bonds. The quantitative estimate of drug-likeness (QED) is 0.617. The van der Waals surface area contributed by atoms with Crippen LogP contribution in [0, 0.1) is 0 Å². The monoisotopic (exact) mass is 403 g/mol. The molecule has 1 aromatic heterocycles. The first-order valence-electron chi connectivity index (χ1n) is 8.34. The molecule has 0 aliphatic rings. The second kappa shape index (κ2) is 8.56. The zero-order valence-electron chi connectivity index (χ0n) is 15.1. The van der Waals surface area contributed by atoms with E-state index in [4.69, 9.17) is 9.47 Å². The number of methoxy groups -OCH3 is 2. The molecule has 1 N–H and O–H groups in total. The van der Waals surface area contributed by atoms with Gasteiger partial charge in [0.2, 0.25) is 0 Å². The highest BCUT2D eigenvalue weighted by Gasteiger charge is 2.22. The number of ether oxygens (including phenoxy) is 2. The Morgan fingerprint density at radius 3 is 2.04 bits per heavy atom. The van der Waals surface area contributed by atoms with Gasteiger partial charge in [0.05, 0.1) is 20.3 Å². The number of hydrogen-bond acceptors (Lipinski definition) is 5. The topological polar surface area (TPSA) is 64.6 Å². The highest BCUT2D eigenvalue weighted by atomic mass is 32.2. The van der Waals surface area contributed by atoms with Gasteiger partial charge in [0, 0.05) is 0 Å². The first kappa shape index (κ1) is 19.4. The maximum absolute atomic E-state index is 12.7. The van der Waals surface area contributed by atoms with Crippen molar-refractivity contribution in [2.75, 3.05) is 14.2 Å². The molecule has 0 spiro atoms. The molecule has 0 unspecified atom stereocenters. The van der Waals surface area contributed by atoms with Gasteiger partial charge in [-0.3, -0.25) is 0 Å². The number of benzene rings is 2. The van der Waals surface area contributed by atoms with E-state index in [-0.39, 0.29) is 0 Å². The Balaban J connectivity index is 1.89. The molecule has 2 aromatic carbocycles. The third-order valence-electron chi connectivity index (χ3n) is 4.17. The van der Waals surface area contributed by atoms with Gasteiger partial charge < -0.3 is 9.47 Å². The van der Waals surface area contributed by atoms with Crippen LogP contribution in [-0.2, 0) is 16.4 Å². The van der Waals surface area contributed by atoms with E-state index in [1.165, 1.54) is 11.3 Å². The predicted molar refractivity (Wildman–Crippen MR) is 107 cm³/mol. The van der Waals surface area contributed by atoms with Crippen LogP contribution in [0.5, 0.6) is 11.5 Å². The minimum Gasteiger partial charge on any atom is -0.497 e. The second-order valence-corrected chi connectivity index (χ2v) is 8.82. The van der Waals surface area contributed by atoms with Crippen molar-refractivity contribution in [3.05, 3.63) is 77.2 Å². The van der Waals surface area contributed by atoms with Crippen LogP contribution in [0.15, 0.2) is 70.3 Å². The van der Waals surface area contributed by atoms with E-state index < -0.39 is 16.1 Å². The van der Waals surface area contributed by atoms with Gasteiger partial charge in [-0.1, -0.05) is 30.3 Å². The van der Waals surface area contributed by atoms with Crippen LogP contribution >= 0.6 is 11.3 Å². The summed E-state index contributed by atoms with van der Waals surface area (Å²) in [5.41, 5.74) is 1.87. The normalized spacial score (nSPS) is 12.5. The van der Waals surface area contributed by atoms with Crippen molar-refractivity contribution in [3.8, 4) is 11.5 Å². The van der Waals surface area contributed by atoms with E-state index in [2.05, 4.69) is 4.72 Å². The number of sulfonamides is 1. The number of thiophene rings is 1. The molecule has 5 nitrogen and oxygen atoms in total. The van der Waals surface area contributed by atoms with Crippen LogP contribution in [0.25, 0.3) is 0 Å². The molecule has 0 fully saturated rings. The van der Waals surface area contributed by atoms with Crippen LogP contribution in [0.4, 0.5) is 0 Å². The Hall–Kier alpha value is -2.35. The smallest absolute Gasteiger partial charge is 0.250 e. The van der Waals surface area contributed by atoms with Crippen LogP contribution in [0.1, 0.15) is 17.2 Å². The molecule has 0 radical (unpaired) electrons. The van der Waals surface area contributed by atoms with Crippen molar-refractivity contribution < 1.29 is 17.9 Å². The minimum absolute atomic E-state index is 0.302. The first-order valence-corrected chi connectivity index (χ1v) is 10.7.